The molecule has 1 atom stereocenters. The molecule has 122 valence electrons. The predicted molar refractivity (Wildman–Crippen MR) is 72.2 cm³/mol. The van der Waals surface area contributed by atoms with Gasteiger partial charge < -0.3 is 29.5 Å². The van der Waals surface area contributed by atoms with Gasteiger partial charge in [0.2, 0.25) is 0 Å². The number of hydrogen-bond acceptors (Lipinski definition) is 5. The van der Waals surface area contributed by atoms with Gasteiger partial charge >= 0.3 is 18.0 Å². The van der Waals surface area contributed by atoms with Gasteiger partial charge in [-0.3, -0.25) is 9.59 Å². The van der Waals surface area contributed by atoms with Crippen molar-refractivity contribution >= 4 is 18.0 Å². The van der Waals surface area contributed by atoms with Crippen LogP contribution in [0.15, 0.2) is 0 Å². The molecule has 0 rings (SSSR count). The van der Waals surface area contributed by atoms with E-state index in [1.807, 2.05) is 0 Å². The topological polar surface area (TPSA) is 117 Å². The molecular formula is C12H22N2O7. The molecule has 0 bridgehead atoms. The van der Waals surface area contributed by atoms with Crippen LogP contribution in [-0.2, 0) is 19.1 Å². The fourth-order valence-corrected chi connectivity index (χ4v) is 1.72. The number of amides is 2. The molecule has 0 fully saturated rings. The Kier molecular flexibility index (Phi) is 9.06. The summed E-state index contributed by atoms with van der Waals surface area (Å²) in [6, 6.07) is -1.02. The zero-order chi connectivity index (χ0) is 16.4. The van der Waals surface area contributed by atoms with Crippen LogP contribution < -0.4 is 0 Å². The molecule has 9 nitrogen and oxygen atoms in total. The van der Waals surface area contributed by atoms with Crippen LogP contribution in [0.4, 0.5) is 4.79 Å². The Balaban J connectivity index is 5.05. The summed E-state index contributed by atoms with van der Waals surface area (Å²) < 4.78 is 9.88. The quantitative estimate of drug-likeness (QED) is 0.562. The lowest BCUT2D eigenvalue weighted by Crippen LogP contribution is -2.52. The van der Waals surface area contributed by atoms with Crippen LogP contribution in [0, 0.1) is 0 Å². The largest absolute Gasteiger partial charge is 0.480 e. The zero-order valence-electron chi connectivity index (χ0n) is 12.4. The van der Waals surface area contributed by atoms with Gasteiger partial charge in [0.1, 0.15) is 13.1 Å². The number of nitrogens with zero attached hydrogens (tertiary/aromatic N) is 2. The minimum absolute atomic E-state index is 0.204. The fourth-order valence-electron chi connectivity index (χ4n) is 1.72. The van der Waals surface area contributed by atoms with E-state index in [0.29, 0.717) is 0 Å². The SMILES string of the molecule is COCCN(C(=O)N(CC(=O)O)CC(=O)O)C(C)COC. The maximum atomic E-state index is 12.4. The minimum atomic E-state index is -1.28. The van der Waals surface area contributed by atoms with E-state index in [1.54, 1.807) is 6.92 Å². The summed E-state index contributed by atoms with van der Waals surface area (Å²) >= 11 is 0. The summed E-state index contributed by atoms with van der Waals surface area (Å²) in [7, 11) is 2.94. The van der Waals surface area contributed by atoms with E-state index < -0.39 is 31.1 Å². The van der Waals surface area contributed by atoms with Crippen LogP contribution in [0.1, 0.15) is 6.92 Å². The fraction of sp³-hybridized carbons (Fsp3) is 0.750. The number of carboxylic acid groups (broad SMARTS) is 2. The van der Waals surface area contributed by atoms with E-state index in [2.05, 4.69) is 0 Å². The van der Waals surface area contributed by atoms with Crippen molar-refractivity contribution in [3.63, 3.8) is 0 Å². The van der Waals surface area contributed by atoms with Crippen LogP contribution in [0.3, 0.4) is 0 Å². The Morgan fingerprint density at radius 3 is 1.95 bits per heavy atom. The highest BCUT2D eigenvalue weighted by Gasteiger charge is 2.27. The second-order valence-electron chi connectivity index (χ2n) is 4.42. The van der Waals surface area contributed by atoms with Crippen molar-refractivity contribution < 1.29 is 34.1 Å². The van der Waals surface area contributed by atoms with Crippen molar-refractivity contribution in [3.8, 4) is 0 Å². The van der Waals surface area contributed by atoms with Crippen LogP contribution >= 0.6 is 0 Å². The van der Waals surface area contributed by atoms with E-state index in [1.165, 1.54) is 19.1 Å². The van der Waals surface area contributed by atoms with Gasteiger partial charge in [0, 0.05) is 20.8 Å². The lowest BCUT2D eigenvalue weighted by atomic mass is 10.3. The maximum Gasteiger partial charge on any atom is 0.323 e. The van der Waals surface area contributed by atoms with E-state index in [4.69, 9.17) is 19.7 Å². The molecule has 0 spiro atoms. The molecule has 1 unspecified atom stereocenters. The van der Waals surface area contributed by atoms with Gasteiger partial charge in [-0.25, -0.2) is 4.79 Å². The molecule has 21 heavy (non-hydrogen) atoms. The van der Waals surface area contributed by atoms with Gasteiger partial charge in [0.05, 0.1) is 19.3 Å². The van der Waals surface area contributed by atoms with Gasteiger partial charge in [-0.2, -0.15) is 0 Å². The standard InChI is InChI=1S/C12H22N2O7/c1-9(8-21-3)14(4-5-20-2)12(19)13(6-10(15)16)7-11(17)18/h9H,4-8H2,1-3H3,(H,15,16)(H,17,18). The van der Waals surface area contributed by atoms with E-state index >= 15 is 0 Å². The highest BCUT2D eigenvalue weighted by Crippen LogP contribution is 2.06. The van der Waals surface area contributed by atoms with Crippen LogP contribution in [0.25, 0.3) is 0 Å². The van der Waals surface area contributed by atoms with Crippen molar-refractivity contribution in [1.82, 2.24) is 9.80 Å². The lowest BCUT2D eigenvalue weighted by molar-refractivity contribution is -0.140. The second-order valence-corrected chi connectivity index (χ2v) is 4.42. The Morgan fingerprint density at radius 2 is 1.57 bits per heavy atom. The highest BCUT2D eigenvalue weighted by molar-refractivity contribution is 5.84. The molecule has 0 aliphatic heterocycles. The number of carbonyl (C=O) groups excluding carboxylic acids is 1. The molecule has 0 aliphatic rings. The van der Waals surface area contributed by atoms with Crippen molar-refractivity contribution in [3.05, 3.63) is 0 Å². The minimum Gasteiger partial charge on any atom is -0.480 e. The van der Waals surface area contributed by atoms with Gasteiger partial charge in [-0.05, 0) is 6.92 Å². The highest BCUT2D eigenvalue weighted by atomic mass is 16.5. The van der Waals surface area contributed by atoms with Crippen LogP contribution in [0.5, 0.6) is 0 Å². The third-order valence-electron chi connectivity index (χ3n) is 2.64. The maximum absolute atomic E-state index is 12.4. The van der Waals surface area contributed by atoms with Gasteiger partial charge in [0.25, 0.3) is 0 Å². The first-order valence-corrected chi connectivity index (χ1v) is 6.30. The predicted octanol–water partition coefficient (Wildman–Crippen LogP) is -0.439. The molecule has 0 aromatic rings. The number of hydrogen-bond donors (Lipinski definition) is 2. The summed E-state index contributed by atoms with van der Waals surface area (Å²) in [4.78, 5) is 36.0. The Hall–Kier alpha value is -1.87. The molecule has 2 amide bonds. The average Bonchev–Trinajstić information content (AvgIpc) is 2.37. The van der Waals surface area contributed by atoms with E-state index in [9.17, 15) is 14.4 Å². The molecule has 0 radical (unpaired) electrons. The summed E-state index contributed by atoms with van der Waals surface area (Å²) in [6.45, 7) is 1.03. The summed E-state index contributed by atoms with van der Waals surface area (Å²) in [5, 5.41) is 17.6. The first kappa shape index (κ1) is 19.1. The van der Waals surface area contributed by atoms with E-state index in [-0.39, 0.29) is 25.8 Å². The van der Waals surface area contributed by atoms with Crippen molar-refractivity contribution in [2.45, 2.75) is 13.0 Å². The Morgan fingerprint density at radius 1 is 1.05 bits per heavy atom. The van der Waals surface area contributed by atoms with Gasteiger partial charge in [0.15, 0.2) is 0 Å². The lowest BCUT2D eigenvalue weighted by Gasteiger charge is -2.33. The third kappa shape index (κ3) is 7.47. The monoisotopic (exact) mass is 306 g/mol. The molecule has 0 heterocycles. The first-order valence-electron chi connectivity index (χ1n) is 6.30. The first-order chi connectivity index (χ1) is 9.83. The summed E-state index contributed by atoms with van der Waals surface area (Å²) in [5.74, 6) is -2.56. The van der Waals surface area contributed by atoms with Crippen molar-refractivity contribution in [2.75, 3.05) is 47.1 Å². The van der Waals surface area contributed by atoms with Crippen molar-refractivity contribution in [1.29, 1.82) is 0 Å². The smallest absolute Gasteiger partial charge is 0.323 e. The van der Waals surface area contributed by atoms with Crippen molar-refractivity contribution in [2.24, 2.45) is 0 Å². The Bertz CT molecular complexity index is 346. The number of urea groups is 1. The number of aliphatic carboxylic acids is 2. The third-order valence-corrected chi connectivity index (χ3v) is 2.64. The number of rotatable bonds is 10. The van der Waals surface area contributed by atoms with Crippen LogP contribution in [-0.4, -0.2) is 91.1 Å². The number of ether oxygens (including phenoxy) is 2. The molecule has 2 N–H and O–H groups in total. The molecular weight excluding hydrogens is 284 g/mol. The normalized spacial score (nSPS) is 11.8. The summed E-state index contributed by atoms with van der Waals surface area (Å²) in [6.07, 6.45) is 0. The molecule has 0 saturated carbocycles. The number of carboxylic acids is 2. The Labute approximate surface area is 123 Å². The molecule has 0 saturated heterocycles. The number of carbonyl (C=O) groups is 3. The zero-order valence-corrected chi connectivity index (χ0v) is 12.4. The molecule has 9 heteroatoms. The molecule has 0 aromatic carbocycles. The van der Waals surface area contributed by atoms with E-state index in [0.717, 1.165) is 4.90 Å². The summed E-state index contributed by atoms with van der Waals surface area (Å²) in [5.41, 5.74) is 0. The average molecular weight is 306 g/mol. The van der Waals surface area contributed by atoms with Gasteiger partial charge in [-0.15, -0.1) is 0 Å². The van der Waals surface area contributed by atoms with Crippen LogP contribution in [0.2, 0.25) is 0 Å². The molecule has 0 aliphatic carbocycles. The second kappa shape index (κ2) is 9.94. The molecule has 0 aromatic heterocycles. The number of methoxy groups -OCH3 is 2. The van der Waals surface area contributed by atoms with Gasteiger partial charge in [-0.1, -0.05) is 0 Å².